The van der Waals surface area contributed by atoms with Gasteiger partial charge in [0.15, 0.2) is 0 Å². The summed E-state index contributed by atoms with van der Waals surface area (Å²) >= 11 is 0. The molecule has 0 bridgehead atoms. The Kier molecular flexibility index (Phi) is 4.10. The highest BCUT2D eigenvalue weighted by atomic mass is 32.2. The van der Waals surface area contributed by atoms with Crippen LogP contribution in [0.2, 0.25) is 0 Å². The van der Waals surface area contributed by atoms with Crippen molar-refractivity contribution in [1.82, 2.24) is 10.0 Å². The predicted octanol–water partition coefficient (Wildman–Crippen LogP) is 1.60. The molecule has 2 N–H and O–H groups in total. The van der Waals surface area contributed by atoms with Crippen molar-refractivity contribution in [2.45, 2.75) is 49.5 Å². The summed E-state index contributed by atoms with van der Waals surface area (Å²) in [6.45, 7) is 1.71. The van der Waals surface area contributed by atoms with Crippen molar-refractivity contribution in [2.24, 2.45) is 0 Å². The number of hydrogen-bond acceptors (Lipinski definition) is 3. The lowest BCUT2D eigenvalue weighted by Crippen LogP contribution is -2.40. The summed E-state index contributed by atoms with van der Waals surface area (Å²) in [4.78, 5) is 0.419. The zero-order chi connectivity index (χ0) is 14.0. The molecule has 3 rings (SSSR count). The number of hydrogen-bond donors (Lipinski definition) is 2. The lowest BCUT2D eigenvalue weighted by molar-refractivity contribution is 0.521. The molecule has 1 heterocycles. The Morgan fingerprint density at radius 3 is 2.85 bits per heavy atom. The van der Waals surface area contributed by atoms with Crippen LogP contribution in [0.25, 0.3) is 0 Å². The molecule has 1 saturated heterocycles. The van der Waals surface area contributed by atoms with Gasteiger partial charge in [-0.1, -0.05) is 12.5 Å². The van der Waals surface area contributed by atoms with E-state index in [1.54, 1.807) is 6.07 Å². The Hall–Kier alpha value is -0.910. The summed E-state index contributed by atoms with van der Waals surface area (Å²) < 4.78 is 27.8. The molecule has 1 aliphatic carbocycles. The van der Waals surface area contributed by atoms with E-state index in [9.17, 15) is 8.42 Å². The van der Waals surface area contributed by atoms with E-state index in [1.807, 2.05) is 12.1 Å². The molecule has 20 heavy (non-hydrogen) atoms. The summed E-state index contributed by atoms with van der Waals surface area (Å²) in [5.74, 6) is 0. The molecule has 4 nitrogen and oxygen atoms in total. The largest absolute Gasteiger partial charge is 0.315 e. The maximum Gasteiger partial charge on any atom is 0.240 e. The van der Waals surface area contributed by atoms with Crippen LogP contribution >= 0.6 is 0 Å². The smallest absolute Gasteiger partial charge is 0.240 e. The zero-order valence-corrected chi connectivity index (χ0v) is 12.5. The van der Waals surface area contributed by atoms with Crippen LogP contribution < -0.4 is 10.0 Å². The van der Waals surface area contributed by atoms with Crippen LogP contribution in [0.3, 0.4) is 0 Å². The molecule has 110 valence electrons. The van der Waals surface area contributed by atoms with Crippen LogP contribution in [0.4, 0.5) is 0 Å². The number of rotatable bonds is 3. The van der Waals surface area contributed by atoms with Crippen LogP contribution in [-0.2, 0) is 22.9 Å². The van der Waals surface area contributed by atoms with Gasteiger partial charge in [-0.25, -0.2) is 13.1 Å². The minimum atomic E-state index is -3.39. The van der Waals surface area contributed by atoms with Gasteiger partial charge in [0.25, 0.3) is 0 Å². The molecule has 2 aliphatic rings. The fourth-order valence-corrected chi connectivity index (χ4v) is 4.44. The Labute approximate surface area is 121 Å². The number of benzene rings is 1. The molecule has 1 unspecified atom stereocenters. The van der Waals surface area contributed by atoms with Gasteiger partial charge < -0.3 is 5.32 Å². The van der Waals surface area contributed by atoms with Crippen LogP contribution in [0.15, 0.2) is 23.1 Å². The van der Waals surface area contributed by atoms with E-state index in [0.717, 1.165) is 51.6 Å². The van der Waals surface area contributed by atoms with E-state index in [2.05, 4.69) is 10.0 Å². The van der Waals surface area contributed by atoms with Crippen molar-refractivity contribution in [3.63, 3.8) is 0 Å². The number of aryl methyl sites for hydroxylation is 2. The Bertz CT molecular complexity index is 576. The maximum absolute atomic E-state index is 12.5. The Morgan fingerprint density at radius 1 is 1.10 bits per heavy atom. The third kappa shape index (κ3) is 3.05. The van der Waals surface area contributed by atoms with E-state index in [1.165, 1.54) is 11.1 Å². The molecule has 5 heteroatoms. The van der Waals surface area contributed by atoms with Crippen molar-refractivity contribution >= 4 is 10.0 Å². The summed E-state index contributed by atoms with van der Waals surface area (Å²) in [7, 11) is -3.39. The molecule has 1 fully saturated rings. The predicted molar refractivity (Wildman–Crippen MR) is 79.3 cm³/mol. The summed E-state index contributed by atoms with van der Waals surface area (Å²) in [6, 6.07) is 5.59. The highest BCUT2D eigenvalue weighted by Gasteiger charge is 2.22. The third-order valence-electron chi connectivity index (χ3n) is 4.25. The van der Waals surface area contributed by atoms with Gasteiger partial charge in [-0.2, -0.15) is 0 Å². The summed E-state index contributed by atoms with van der Waals surface area (Å²) in [5.41, 5.74) is 2.51. The van der Waals surface area contributed by atoms with Crippen LogP contribution in [0, 0.1) is 0 Å². The van der Waals surface area contributed by atoms with E-state index in [4.69, 9.17) is 0 Å². The average molecular weight is 294 g/mol. The van der Waals surface area contributed by atoms with Crippen LogP contribution in [-0.4, -0.2) is 27.5 Å². The first kappa shape index (κ1) is 14.0. The summed E-state index contributed by atoms with van der Waals surface area (Å²) in [6.07, 6.45) is 6.33. The highest BCUT2D eigenvalue weighted by molar-refractivity contribution is 7.89. The normalized spacial score (nSPS) is 23.3. The third-order valence-corrected chi connectivity index (χ3v) is 5.77. The first-order valence-electron chi connectivity index (χ1n) is 7.50. The number of fused-ring (bicyclic) bond motifs is 1. The second kappa shape index (κ2) is 5.84. The fraction of sp³-hybridized carbons (Fsp3) is 0.600. The molecule has 0 spiro atoms. The van der Waals surface area contributed by atoms with Gasteiger partial charge in [-0.05, 0) is 61.9 Å². The van der Waals surface area contributed by atoms with Crippen molar-refractivity contribution in [2.75, 3.05) is 13.1 Å². The molecule has 0 amide bonds. The molecule has 0 radical (unpaired) electrons. The van der Waals surface area contributed by atoms with Crippen molar-refractivity contribution in [3.05, 3.63) is 29.3 Å². The van der Waals surface area contributed by atoms with Gasteiger partial charge in [0, 0.05) is 12.6 Å². The van der Waals surface area contributed by atoms with E-state index in [-0.39, 0.29) is 6.04 Å². The molecular formula is C15H22N2O2S. The van der Waals surface area contributed by atoms with Gasteiger partial charge >= 0.3 is 0 Å². The van der Waals surface area contributed by atoms with Gasteiger partial charge in [0.05, 0.1) is 4.90 Å². The van der Waals surface area contributed by atoms with Crippen LogP contribution in [0.5, 0.6) is 0 Å². The maximum atomic E-state index is 12.5. The number of nitrogens with one attached hydrogen (secondary N) is 2. The van der Waals surface area contributed by atoms with Gasteiger partial charge in [0.1, 0.15) is 0 Å². The Morgan fingerprint density at radius 2 is 1.95 bits per heavy atom. The second-order valence-corrected chi connectivity index (χ2v) is 7.52. The van der Waals surface area contributed by atoms with Crippen molar-refractivity contribution in [3.8, 4) is 0 Å². The molecule has 0 saturated carbocycles. The SMILES string of the molecule is O=S(=O)(NC1CCCCNC1)c1ccc2c(c1)CCC2. The first-order chi connectivity index (χ1) is 9.65. The lowest BCUT2D eigenvalue weighted by Gasteiger charge is -2.17. The Balaban J connectivity index is 1.77. The second-order valence-electron chi connectivity index (χ2n) is 5.80. The van der Waals surface area contributed by atoms with E-state index >= 15 is 0 Å². The van der Waals surface area contributed by atoms with Crippen molar-refractivity contribution < 1.29 is 8.42 Å². The minimum absolute atomic E-state index is 0.00996. The number of sulfonamides is 1. The highest BCUT2D eigenvalue weighted by Crippen LogP contribution is 2.24. The first-order valence-corrected chi connectivity index (χ1v) is 8.98. The fourth-order valence-electron chi connectivity index (χ4n) is 3.12. The zero-order valence-electron chi connectivity index (χ0n) is 11.7. The lowest BCUT2D eigenvalue weighted by atomic mass is 10.1. The van der Waals surface area contributed by atoms with Gasteiger partial charge in [0.2, 0.25) is 10.0 Å². The summed E-state index contributed by atoms with van der Waals surface area (Å²) in [5, 5.41) is 3.29. The molecular weight excluding hydrogens is 272 g/mol. The monoisotopic (exact) mass is 294 g/mol. The standard InChI is InChI=1S/C15H22N2O2S/c18-20(19,17-14-6-1-2-9-16-11-14)15-8-7-12-4-3-5-13(12)10-15/h7-8,10,14,16-17H,1-6,9,11H2. The van der Waals surface area contributed by atoms with Gasteiger partial charge in [-0.15, -0.1) is 0 Å². The van der Waals surface area contributed by atoms with E-state index < -0.39 is 10.0 Å². The molecule has 1 aromatic rings. The molecule has 1 aliphatic heterocycles. The van der Waals surface area contributed by atoms with E-state index in [0.29, 0.717) is 4.90 Å². The van der Waals surface area contributed by atoms with Crippen molar-refractivity contribution in [1.29, 1.82) is 0 Å². The molecule has 1 aromatic carbocycles. The minimum Gasteiger partial charge on any atom is -0.315 e. The average Bonchev–Trinajstić information content (AvgIpc) is 2.75. The van der Waals surface area contributed by atoms with Gasteiger partial charge in [-0.3, -0.25) is 0 Å². The quantitative estimate of drug-likeness (QED) is 0.890. The topological polar surface area (TPSA) is 58.2 Å². The molecule has 1 atom stereocenters. The van der Waals surface area contributed by atoms with Crippen LogP contribution in [0.1, 0.15) is 36.8 Å². The molecule has 0 aromatic heterocycles.